The van der Waals surface area contributed by atoms with Crippen LogP contribution in [0, 0.1) is 0 Å². The lowest BCUT2D eigenvalue weighted by Crippen LogP contribution is -2.57. The number of aliphatic hydroxyl groups excluding tert-OH is 3. The summed E-state index contributed by atoms with van der Waals surface area (Å²) in [4.78, 5) is 30.3. The number of fused-ring (bicyclic) bond motifs is 1. The van der Waals surface area contributed by atoms with Gasteiger partial charge >= 0.3 is 0 Å². The molecule has 4 aliphatic heterocycles. The second-order valence-electron chi connectivity index (χ2n) is 6.79. The van der Waals surface area contributed by atoms with E-state index < -0.39 is 43.1 Å². The summed E-state index contributed by atoms with van der Waals surface area (Å²) in [5, 5.41) is 29.9. The van der Waals surface area contributed by atoms with Gasteiger partial charge in [-0.15, -0.1) is 0 Å². The molecule has 4 heterocycles. The number of aliphatic imine (C=N–C) groups is 3. The Hall–Kier alpha value is -1.92. The SMILES string of the molecule is CN1CCN(C2=NC3C(=O)N=CN=C3N2C2OC(CO)C(O)C2O)CC1. The number of hydrogen-bond acceptors (Lipinski definition) is 10. The van der Waals surface area contributed by atoms with Gasteiger partial charge in [0.2, 0.25) is 5.96 Å². The summed E-state index contributed by atoms with van der Waals surface area (Å²) in [5.74, 6) is 0.347. The standard InChI is InChI=1S/C15H22N6O5/c1-19-2-4-20(5-3-19)15-18-9-12(16-7-17-13(9)25)21(15)14-11(24)10(23)8(6-22)26-14/h7-11,14,22-24H,2-6H2,1H3. The van der Waals surface area contributed by atoms with Gasteiger partial charge in [-0.05, 0) is 7.05 Å². The molecule has 5 atom stereocenters. The van der Waals surface area contributed by atoms with Crippen LogP contribution < -0.4 is 0 Å². The van der Waals surface area contributed by atoms with Gasteiger partial charge in [0.1, 0.15) is 30.5 Å². The van der Waals surface area contributed by atoms with Crippen molar-refractivity contribution in [3.63, 3.8) is 0 Å². The molecule has 142 valence electrons. The van der Waals surface area contributed by atoms with E-state index in [2.05, 4.69) is 19.9 Å². The van der Waals surface area contributed by atoms with Crippen molar-refractivity contribution in [2.24, 2.45) is 15.0 Å². The fourth-order valence-corrected chi connectivity index (χ4v) is 3.56. The summed E-state index contributed by atoms with van der Waals surface area (Å²) in [6.07, 6.45) is -3.28. The summed E-state index contributed by atoms with van der Waals surface area (Å²) in [7, 11) is 2.03. The number of rotatable bonds is 2. The Balaban J connectivity index is 1.67. The van der Waals surface area contributed by atoms with Gasteiger partial charge in [0.05, 0.1) is 6.61 Å². The Kier molecular flexibility index (Phi) is 4.49. The summed E-state index contributed by atoms with van der Waals surface area (Å²) >= 11 is 0. The lowest BCUT2D eigenvalue weighted by atomic mass is 10.1. The van der Waals surface area contributed by atoms with Gasteiger partial charge in [0, 0.05) is 26.2 Å². The summed E-state index contributed by atoms with van der Waals surface area (Å²) < 4.78 is 5.67. The molecule has 2 saturated heterocycles. The molecule has 0 saturated carbocycles. The van der Waals surface area contributed by atoms with E-state index in [1.807, 2.05) is 11.9 Å². The topological polar surface area (TPSA) is 134 Å². The van der Waals surface area contributed by atoms with Crippen molar-refractivity contribution < 1.29 is 24.9 Å². The Morgan fingerprint density at radius 3 is 2.62 bits per heavy atom. The molecule has 11 heteroatoms. The first-order valence-electron chi connectivity index (χ1n) is 8.58. The van der Waals surface area contributed by atoms with Crippen LogP contribution in [0.15, 0.2) is 15.0 Å². The highest BCUT2D eigenvalue weighted by Gasteiger charge is 2.52. The molecule has 0 radical (unpaired) electrons. The third-order valence-corrected chi connectivity index (χ3v) is 5.12. The maximum Gasteiger partial charge on any atom is 0.279 e. The highest BCUT2D eigenvalue weighted by atomic mass is 16.6. The molecule has 0 bridgehead atoms. The number of amides is 1. The Morgan fingerprint density at radius 2 is 1.96 bits per heavy atom. The number of likely N-dealkylation sites (N-methyl/N-ethyl adjacent to an activating group) is 1. The van der Waals surface area contributed by atoms with Crippen LogP contribution in [0.4, 0.5) is 0 Å². The van der Waals surface area contributed by atoms with Crippen molar-refractivity contribution in [1.82, 2.24) is 14.7 Å². The fourth-order valence-electron chi connectivity index (χ4n) is 3.56. The molecule has 2 fully saturated rings. The zero-order valence-electron chi connectivity index (χ0n) is 14.3. The Bertz CT molecular complexity index is 673. The molecule has 4 aliphatic rings. The van der Waals surface area contributed by atoms with Crippen LogP contribution in [0.5, 0.6) is 0 Å². The number of guanidine groups is 1. The molecule has 0 spiro atoms. The van der Waals surface area contributed by atoms with E-state index in [1.165, 1.54) is 0 Å². The smallest absolute Gasteiger partial charge is 0.279 e. The lowest BCUT2D eigenvalue weighted by molar-refractivity contribution is -0.117. The molecule has 26 heavy (non-hydrogen) atoms. The van der Waals surface area contributed by atoms with E-state index in [9.17, 15) is 20.1 Å². The van der Waals surface area contributed by atoms with Gasteiger partial charge in [0.15, 0.2) is 12.3 Å². The second-order valence-corrected chi connectivity index (χ2v) is 6.79. The first kappa shape index (κ1) is 17.5. The van der Waals surface area contributed by atoms with Gasteiger partial charge in [-0.2, -0.15) is 4.99 Å². The number of nitrogens with zero attached hydrogens (tertiary/aromatic N) is 6. The lowest BCUT2D eigenvalue weighted by Gasteiger charge is -2.39. The molecular formula is C15H22N6O5. The molecule has 3 N–H and O–H groups in total. The molecule has 0 aliphatic carbocycles. The van der Waals surface area contributed by atoms with Crippen LogP contribution in [0.3, 0.4) is 0 Å². The molecule has 0 aromatic heterocycles. The van der Waals surface area contributed by atoms with Crippen molar-refractivity contribution in [2.75, 3.05) is 39.8 Å². The maximum absolute atomic E-state index is 12.2. The van der Waals surface area contributed by atoms with Crippen molar-refractivity contribution in [1.29, 1.82) is 0 Å². The molecule has 0 aromatic carbocycles. The van der Waals surface area contributed by atoms with E-state index in [0.717, 1.165) is 19.4 Å². The highest BCUT2D eigenvalue weighted by molar-refractivity contribution is 6.22. The predicted octanol–water partition coefficient (Wildman–Crippen LogP) is -3.32. The largest absolute Gasteiger partial charge is 0.394 e. The first-order chi connectivity index (χ1) is 12.5. The maximum atomic E-state index is 12.2. The van der Waals surface area contributed by atoms with E-state index in [1.54, 1.807) is 4.90 Å². The van der Waals surface area contributed by atoms with Crippen LogP contribution in [0.2, 0.25) is 0 Å². The average Bonchev–Trinajstić information content (AvgIpc) is 3.15. The third-order valence-electron chi connectivity index (χ3n) is 5.12. The quantitative estimate of drug-likeness (QED) is 0.462. The first-order valence-corrected chi connectivity index (χ1v) is 8.58. The normalized spacial score (nSPS) is 37.8. The number of carbonyl (C=O) groups is 1. The van der Waals surface area contributed by atoms with Crippen LogP contribution in [-0.2, 0) is 9.53 Å². The van der Waals surface area contributed by atoms with Crippen molar-refractivity contribution in [2.45, 2.75) is 30.6 Å². The Morgan fingerprint density at radius 1 is 1.23 bits per heavy atom. The van der Waals surface area contributed by atoms with Gasteiger partial charge in [-0.25, -0.2) is 9.98 Å². The van der Waals surface area contributed by atoms with Crippen LogP contribution in [0.25, 0.3) is 0 Å². The predicted molar refractivity (Wildman–Crippen MR) is 90.8 cm³/mol. The van der Waals surface area contributed by atoms with Gasteiger partial charge in [0.25, 0.3) is 5.91 Å². The minimum absolute atomic E-state index is 0.314. The number of hydrogen-bond donors (Lipinski definition) is 3. The van der Waals surface area contributed by atoms with E-state index >= 15 is 0 Å². The number of piperazine rings is 1. The minimum atomic E-state index is -1.28. The Labute approximate surface area is 149 Å². The number of ether oxygens (including phenoxy) is 1. The van der Waals surface area contributed by atoms with Crippen molar-refractivity contribution in [3.8, 4) is 0 Å². The van der Waals surface area contributed by atoms with Gasteiger partial charge < -0.3 is 29.9 Å². The molecule has 11 nitrogen and oxygen atoms in total. The van der Waals surface area contributed by atoms with Gasteiger partial charge in [-0.3, -0.25) is 9.69 Å². The summed E-state index contributed by atoms with van der Waals surface area (Å²) in [6, 6.07) is -0.879. The van der Waals surface area contributed by atoms with Crippen LogP contribution in [-0.4, -0.2) is 124 Å². The molecule has 5 unspecified atom stereocenters. The highest BCUT2D eigenvalue weighted by Crippen LogP contribution is 2.30. The summed E-state index contributed by atoms with van der Waals surface area (Å²) in [6.45, 7) is 2.60. The summed E-state index contributed by atoms with van der Waals surface area (Å²) in [5.41, 5.74) is 0. The molecule has 0 aromatic rings. The van der Waals surface area contributed by atoms with E-state index in [0.29, 0.717) is 24.9 Å². The fraction of sp³-hybridized carbons (Fsp3) is 0.733. The van der Waals surface area contributed by atoms with Gasteiger partial charge in [-0.1, -0.05) is 0 Å². The molecular weight excluding hydrogens is 344 g/mol. The van der Waals surface area contributed by atoms with Crippen molar-refractivity contribution >= 4 is 24.0 Å². The average molecular weight is 366 g/mol. The third kappa shape index (κ3) is 2.72. The second kappa shape index (κ2) is 6.67. The van der Waals surface area contributed by atoms with Crippen molar-refractivity contribution in [3.05, 3.63) is 0 Å². The van der Waals surface area contributed by atoms with E-state index in [4.69, 9.17) is 4.74 Å². The zero-order chi connectivity index (χ0) is 18.4. The number of amidine groups is 1. The monoisotopic (exact) mass is 366 g/mol. The van der Waals surface area contributed by atoms with Crippen LogP contribution in [0.1, 0.15) is 0 Å². The number of aliphatic hydroxyl groups is 3. The van der Waals surface area contributed by atoms with Crippen LogP contribution >= 0.6 is 0 Å². The molecule has 4 rings (SSSR count). The number of carbonyl (C=O) groups excluding carboxylic acids is 1. The zero-order valence-corrected chi connectivity index (χ0v) is 14.3. The minimum Gasteiger partial charge on any atom is -0.394 e. The van der Waals surface area contributed by atoms with E-state index in [-0.39, 0.29) is 0 Å². The molecule has 1 amide bonds.